The molecule has 7 heteroatoms. The van der Waals surface area contributed by atoms with Crippen molar-refractivity contribution >= 4 is 57.6 Å². The first-order chi connectivity index (χ1) is 12.1. The van der Waals surface area contributed by atoms with Gasteiger partial charge in [-0.25, -0.2) is 0 Å². The molecule has 1 saturated heterocycles. The van der Waals surface area contributed by atoms with E-state index < -0.39 is 0 Å². The number of hydrogen-bond donors (Lipinski definition) is 1. The molecule has 0 unspecified atom stereocenters. The van der Waals surface area contributed by atoms with Crippen molar-refractivity contribution in [2.75, 3.05) is 4.90 Å². The molecular weight excluding hydrogens is 393 g/mol. The number of rotatable bonds is 3. The molecule has 2 atom stereocenters. The van der Waals surface area contributed by atoms with Crippen molar-refractivity contribution < 1.29 is 0 Å². The Labute approximate surface area is 165 Å². The number of nitrogens with zero attached hydrogens (tertiary/aromatic N) is 2. The fraction of sp³-hybridized carbons (Fsp3) is 0.111. The molecule has 3 heterocycles. The predicted octanol–water partition coefficient (Wildman–Crippen LogP) is 5.63. The predicted molar refractivity (Wildman–Crippen MR) is 109 cm³/mol. The van der Waals surface area contributed by atoms with Gasteiger partial charge < -0.3 is 10.2 Å². The number of thiocarbonyl (C=S) groups is 1. The summed E-state index contributed by atoms with van der Waals surface area (Å²) < 4.78 is 0.753. The summed E-state index contributed by atoms with van der Waals surface area (Å²) in [5.41, 5.74) is 1.92. The Morgan fingerprint density at radius 3 is 2.48 bits per heavy atom. The number of benzene rings is 1. The number of thiophene rings is 1. The largest absolute Gasteiger partial charge is 0.351 e. The van der Waals surface area contributed by atoms with E-state index in [4.69, 9.17) is 35.4 Å². The van der Waals surface area contributed by atoms with Gasteiger partial charge in [0.15, 0.2) is 5.11 Å². The molecule has 0 radical (unpaired) electrons. The van der Waals surface area contributed by atoms with E-state index in [1.54, 1.807) is 17.5 Å². The average molecular weight is 406 g/mol. The molecule has 1 aliphatic rings. The van der Waals surface area contributed by atoms with Gasteiger partial charge in [-0.05, 0) is 60.7 Å². The number of nitrogens with one attached hydrogen (secondary N) is 1. The number of anilines is 1. The maximum absolute atomic E-state index is 6.20. The van der Waals surface area contributed by atoms with Gasteiger partial charge in [-0.1, -0.05) is 29.3 Å². The van der Waals surface area contributed by atoms with Crippen LogP contribution in [0.4, 0.5) is 5.69 Å². The van der Waals surface area contributed by atoms with E-state index in [1.807, 2.05) is 54.6 Å². The third-order valence-electron chi connectivity index (χ3n) is 4.09. The van der Waals surface area contributed by atoms with Crippen molar-refractivity contribution in [3.63, 3.8) is 0 Å². The maximum atomic E-state index is 6.20. The second kappa shape index (κ2) is 6.92. The van der Waals surface area contributed by atoms with Crippen LogP contribution in [0.3, 0.4) is 0 Å². The second-order valence-electron chi connectivity index (χ2n) is 5.61. The highest BCUT2D eigenvalue weighted by atomic mass is 35.5. The van der Waals surface area contributed by atoms with E-state index in [0.717, 1.165) is 20.6 Å². The number of aromatic nitrogens is 1. The number of hydrogen-bond acceptors (Lipinski definition) is 3. The van der Waals surface area contributed by atoms with E-state index >= 15 is 0 Å². The molecule has 1 aliphatic heterocycles. The minimum atomic E-state index is -0.0564. The van der Waals surface area contributed by atoms with Crippen LogP contribution in [0, 0.1) is 0 Å². The fourth-order valence-corrected chi connectivity index (χ4v) is 4.67. The Kier molecular flexibility index (Phi) is 4.65. The minimum absolute atomic E-state index is 0.0268. The molecular formula is C18H13Cl2N3S2. The zero-order chi connectivity index (χ0) is 17.4. The Hall–Kier alpha value is -1.66. The van der Waals surface area contributed by atoms with E-state index in [0.29, 0.717) is 10.1 Å². The molecule has 0 spiro atoms. The molecule has 3 nitrogen and oxygen atoms in total. The van der Waals surface area contributed by atoms with Gasteiger partial charge in [0.2, 0.25) is 0 Å². The van der Waals surface area contributed by atoms with Crippen LogP contribution in [0.5, 0.6) is 0 Å². The Bertz CT molecular complexity index is 896. The molecule has 0 aliphatic carbocycles. The molecule has 1 aromatic carbocycles. The third kappa shape index (κ3) is 3.25. The SMILES string of the molecule is S=C1N[C@H](c2ccccn2)[C@@H](c2ccc(Cl)s2)N1c1ccc(Cl)cc1. The summed E-state index contributed by atoms with van der Waals surface area (Å²) in [5.74, 6) is 0. The number of pyridine rings is 1. The molecule has 0 saturated carbocycles. The van der Waals surface area contributed by atoms with Gasteiger partial charge in [-0.15, -0.1) is 11.3 Å². The summed E-state index contributed by atoms with van der Waals surface area (Å²) in [5, 5.41) is 4.77. The van der Waals surface area contributed by atoms with Gasteiger partial charge in [0.05, 0.1) is 22.1 Å². The van der Waals surface area contributed by atoms with Crippen LogP contribution in [0.2, 0.25) is 9.36 Å². The lowest BCUT2D eigenvalue weighted by Crippen LogP contribution is -2.28. The lowest BCUT2D eigenvalue weighted by molar-refractivity contribution is 0.575. The van der Waals surface area contributed by atoms with Crippen molar-refractivity contribution in [3.8, 4) is 0 Å². The Morgan fingerprint density at radius 1 is 1.04 bits per heavy atom. The average Bonchev–Trinajstić information content (AvgIpc) is 3.20. The molecule has 126 valence electrons. The molecule has 2 aromatic heterocycles. The summed E-state index contributed by atoms with van der Waals surface area (Å²) in [6, 6.07) is 17.5. The molecule has 4 rings (SSSR count). The standard InChI is InChI=1S/C18H13Cl2N3S2/c19-11-4-6-12(7-5-11)23-17(14-8-9-15(20)25-14)16(22-18(23)24)13-3-1-2-10-21-13/h1-10,16-17H,(H,22,24)/t16-,17-/m1/s1. The summed E-state index contributed by atoms with van der Waals surface area (Å²) in [6.45, 7) is 0. The van der Waals surface area contributed by atoms with Crippen LogP contribution in [0.1, 0.15) is 22.7 Å². The fourth-order valence-electron chi connectivity index (χ4n) is 3.01. The van der Waals surface area contributed by atoms with Gasteiger partial charge >= 0.3 is 0 Å². The van der Waals surface area contributed by atoms with E-state index in [1.165, 1.54) is 0 Å². The Morgan fingerprint density at radius 2 is 1.84 bits per heavy atom. The Balaban J connectivity index is 1.81. The molecule has 0 bridgehead atoms. The molecule has 25 heavy (non-hydrogen) atoms. The highest BCUT2D eigenvalue weighted by Gasteiger charge is 2.41. The molecule has 1 fully saturated rings. The first kappa shape index (κ1) is 16.8. The normalized spacial score (nSPS) is 19.9. The first-order valence-electron chi connectivity index (χ1n) is 7.65. The highest BCUT2D eigenvalue weighted by molar-refractivity contribution is 7.80. The summed E-state index contributed by atoms with van der Waals surface area (Å²) >= 11 is 19.4. The monoisotopic (exact) mass is 405 g/mol. The van der Waals surface area contributed by atoms with Crippen LogP contribution in [0.15, 0.2) is 60.8 Å². The second-order valence-corrected chi connectivity index (χ2v) is 8.18. The van der Waals surface area contributed by atoms with Crippen LogP contribution in [0.25, 0.3) is 0 Å². The summed E-state index contributed by atoms with van der Waals surface area (Å²) in [7, 11) is 0. The summed E-state index contributed by atoms with van der Waals surface area (Å²) in [4.78, 5) is 7.75. The van der Waals surface area contributed by atoms with E-state index in [-0.39, 0.29) is 12.1 Å². The zero-order valence-electron chi connectivity index (χ0n) is 12.9. The topological polar surface area (TPSA) is 28.2 Å². The quantitative estimate of drug-likeness (QED) is 0.571. The van der Waals surface area contributed by atoms with Crippen LogP contribution < -0.4 is 10.2 Å². The first-order valence-corrected chi connectivity index (χ1v) is 9.63. The smallest absolute Gasteiger partial charge is 0.174 e. The molecule has 3 aromatic rings. The van der Waals surface area contributed by atoms with Crippen molar-refractivity contribution in [1.82, 2.24) is 10.3 Å². The lowest BCUT2D eigenvalue weighted by atomic mass is 10.0. The molecule has 1 N–H and O–H groups in total. The number of halogens is 2. The van der Waals surface area contributed by atoms with Gasteiger partial charge in [0, 0.05) is 21.8 Å². The van der Waals surface area contributed by atoms with Crippen molar-refractivity contribution in [3.05, 3.63) is 80.7 Å². The zero-order valence-corrected chi connectivity index (χ0v) is 16.0. The van der Waals surface area contributed by atoms with Crippen LogP contribution >= 0.6 is 46.8 Å². The van der Waals surface area contributed by atoms with Crippen molar-refractivity contribution in [2.45, 2.75) is 12.1 Å². The molecule has 0 amide bonds. The van der Waals surface area contributed by atoms with Crippen LogP contribution in [-0.4, -0.2) is 10.1 Å². The van der Waals surface area contributed by atoms with Crippen molar-refractivity contribution in [1.29, 1.82) is 0 Å². The third-order valence-corrected chi connectivity index (χ3v) is 5.96. The minimum Gasteiger partial charge on any atom is -0.351 e. The highest BCUT2D eigenvalue weighted by Crippen LogP contribution is 2.44. The summed E-state index contributed by atoms with van der Waals surface area (Å²) in [6.07, 6.45) is 1.80. The van der Waals surface area contributed by atoms with Gasteiger partial charge in [-0.2, -0.15) is 0 Å². The van der Waals surface area contributed by atoms with Crippen molar-refractivity contribution in [2.24, 2.45) is 0 Å². The van der Waals surface area contributed by atoms with Gasteiger partial charge in [0.1, 0.15) is 0 Å². The van der Waals surface area contributed by atoms with Gasteiger partial charge in [0.25, 0.3) is 0 Å². The van der Waals surface area contributed by atoms with E-state index in [2.05, 4.69) is 15.2 Å². The maximum Gasteiger partial charge on any atom is 0.174 e. The lowest BCUT2D eigenvalue weighted by Gasteiger charge is -2.26. The van der Waals surface area contributed by atoms with E-state index in [9.17, 15) is 0 Å². The van der Waals surface area contributed by atoms with Gasteiger partial charge in [-0.3, -0.25) is 4.98 Å². The van der Waals surface area contributed by atoms with Crippen LogP contribution in [-0.2, 0) is 0 Å².